The first-order chi connectivity index (χ1) is 17.6. The number of anilines is 1. The SMILES string of the molecule is Cc1cc(OCc2cccc(-c3nn[nH]n3)c2)ccc1NC(=O)c1cccc(-c2ccccn2)c1C. The zero-order valence-electron chi connectivity index (χ0n) is 19.9. The summed E-state index contributed by atoms with van der Waals surface area (Å²) in [6.45, 7) is 4.27. The van der Waals surface area contributed by atoms with Crippen molar-refractivity contribution in [2.75, 3.05) is 5.32 Å². The molecule has 0 saturated heterocycles. The Hall–Kier alpha value is -4.85. The second-order valence-corrected chi connectivity index (χ2v) is 8.35. The Morgan fingerprint density at radius 1 is 0.972 bits per heavy atom. The van der Waals surface area contributed by atoms with Crippen LogP contribution in [0.2, 0.25) is 0 Å². The lowest BCUT2D eigenvalue weighted by molar-refractivity contribution is 0.102. The molecule has 0 atom stereocenters. The fourth-order valence-electron chi connectivity index (χ4n) is 3.99. The van der Waals surface area contributed by atoms with E-state index >= 15 is 0 Å². The summed E-state index contributed by atoms with van der Waals surface area (Å²) in [4.78, 5) is 17.5. The maximum Gasteiger partial charge on any atom is 0.255 e. The Balaban J connectivity index is 1.27. The van der Waals surface area contributed by atoms with Crippen molar-refractivity contribution in [3.05, 3.63) is 107 Å². The molecule has 5 rings (SSSR count). The molecule has 2 aromatic heterocycles. The summed E-state index contributed by atoms with van der Waals surface area (Å²) in [5, 5.41) is 17.1. The van der Waals surface area contributed by atoms with Crippen LogP contribution in [-0.2, 0) is 6.61 Å². The summed E-state index contributed by atoms with van der Waals surface area (Å²) in [6.07, 6.45) is 1.75. The molecule has 8 nitrogen and oxygen atoms in total. The van der Waals surface area contributed by atoms with Crippen molar-refractivity contribution < 1.29 is 9.53 Å². The van der Waals surface area contributed by atoms with Gasteiger partial charge in [0.25, 0.3) is 5.91 Å². The first kappa shape index (κ1) is 22.9. The molecular formula is C28H24N6O2. The van der Waals surface area contributed by atoms with Gasteiger partial charge in [-0.25, -0.2) is 0 Å². The fraction of sp³-hybridized carbons (Fsp3) is 0.107. The van der Waals surface area contributed by atoms with Crippen LogP contribution in [0, 0.1) is 13.8 Å². The third-order valence-electron chi connectivity index (χ3n) is 5.90. The predicted molar refractivity (Wildman–Crippen MR) is 137 cm³/mol. The van der Waals surface area contributed by atoms with Gasteiger partial charge < -0.3 is 10.1 Å². The van der Waals surface area contributed by atoms with Crippen molar-refractivity contribution in [1.82, 2.24) is 25.6 Å². The zero-order chi connectivity index (χ0) is 24.9. The van der Waals surface area contributed by atoms with E-state index in [1.54, 1.807) is 6.20 Å². The van der Waals surface area contributed by atoms with E-state index in [0.29, 0.717) is 23.7 Å². The van der Waals surface area contributed by atoms with Crippen molar-refractivity contribution in [2.24, 2.45) is 0 Å². The monoisotopic (exact) mass is 476 g/mol. The van der Waals surface area contributed by atoms with Gasteiger partial charge in [-0.15, -0.1) is 10.2 Å². The van der Waals surface area contributed by atoms with E-state index < -0.39 is 0 Å². The summed E-state index contributed by atoms with van der Waals surface area (Å²) in [5.41, 5.74) is 6.75. The van der Waals surface area contributed by atoms with Crippen molar-refractivity contribution in [3.8, 4) is 28.4 Å². The number of rotatable bonds is 7. The number of nitrogens with one attached hydrogen (secondary N) is 2. The Kier molecular flexibility index (Phi) is 6.48. The van der Waals surface area contributed by atoms with Crippen LogP contribution in [0.15, 0.2) is 85.1 Å². The van der Waals surface area contributed by atoms with Gasteiger partial charge in [-0.1, -0.05) is 36.4 Å². The molecule has 0 aliphatic rings. The maximum absolute atomic E-state index is 13.1. The highest BCUT2D eigenvalue weighted by Crippen LogP contribution is 2.27. The largest absolute Gasteiger partial charge is 0.489 e. The molecule has 0 aliphatic carbocycles. The molecule has 8 heteroatoms. The molecule has 0 aliphatic heterocycles. The van der Waals surface area contributed by atoms with E-state index in [-0.39, 0.29) is 5.91 Å². The van der Waals surface area contributed by atoms with Gasteiger partial charge in [0, 0.05) is 28.6 Å². The van der Waals surface area contributed by atoms with Crippen molar-refractivity contribution in [2.45, 2.75) is 20.5 Å². The highest BCUT2D eigenvalue weighted by molar-refractivity contribution is 6.06. The number of aryl methyl sites for hydroxylation is 1. The van der Waals surface area contributed by atoms with E-state index in [0.717, 1.165) is 39.2 Å². The molecule has 178 valence electrons. The lowest BCUT2D eigenvalue weighted by atomic mass is 9.99. The number of pyridine rings is 1. The number of aromatic nitrogens is 5. The van der Waals surface area contributed by atoms with Gasteiger partial charge in [0.15, 0.2) is 0 Å². The molecule has 0 saturated carbocycles. The molecule has 2 N–H and O–H groups in total. The Morgan fingerprint density at radius 3 is 2.64 bits per heavy atom. The minimum Gasteiger partial charge on any atom is -0.489 e. The number of benzene rings is 3. The van der Waals surface area contributed by atoms with Crippen LogP contribution in [-0.4, -0.2) is 31.5 Å². The lowest BCUT2D eigenvalue weighted by Crippen LogP contribution is -2.14. The first-order valence-corrected chi connectivity index (χ1v) is 11.5. The number of aromatic amines is 1. The summed E-state index contributed by atoms with van der Waals surface area (Å²) in [5.74, 6) is 1.08. The van der Waals surface area contributed by atoms with Gasteiger partial charge in [0.1, 0.15) is 12.4 Å². The number of tetrazole rings is 1. The van der Waals surface area contributed by atoms with Gasteiger partial charge in [-0.3, -0.25) is 9.78 Å². The number of hydrogen-bond acceptors (Lipinski definition) is 6. The van der Waals surface area contributed by atoms with E-state index in [1.165, 1.54) is 0 Å². The first-order valence-electron chi connectivity index (χ1n) is 11.5. The number of H-pyrrole nitrogens is 1. The van der Waals surface area contributed by atoms with Gasteiger partial charge >= 0.3 is 0 Å². The highest BCUT2D eigenvalue weighted by Gasteiger charge is 2.14. The van der Waals surface area contributed by atoms with Crippen molar-refractivity contribution in [3.63, 3.8) is 0 Å². The third-order valence-corrected chi connectivity index (χ3v) is 5.90. The van der Waals surface area contributed by atoms with Crippen LogP contribution < -0.4 is 10.1 Å². The Morgan fingerprint density at radius 2 is 1.86 bits per heavy atom. The third kappa shape index (κ3) is 4.97. The van der Waals surface area contributed by atoms with Crippen LogP contribution in [0.25, 0.3) is 22.6 Å². The summed E-state index contributed by atoms with van der Waals surface area (Å²) in [6, 6.07) is 24.8. The average Bonchev–Trinajstić information content (AvgIpc) is 3.45. The quantitative estimate of drug-likeness (QED) is 0.327. The molecule has 0 radical (unpaired) electrons. The zero-order valence-corrected chi connectivity index (χ0v) is 19.9. The standard InChI is InChI=1S/C28H24N6O2/c1-18-15-22(36-17-20-7-5-8-21(16-20)27-31-33-34-32-27)12-13-25(18)30-28(35)24-10-6-9-23(19(24)2)26-11-3-4-14-29-26/h3-16H,17H2,1-2H3,(H,30,35)(H,31,32,33,34). The minimum atomic E-state index is -0.166. The second kappa shape index (κ2) is 10.2. The molecule has 36 heavy (non-hydrogen) atoms. The van der Waals surface area contributed by atoms with Gasteiger partial charge in [0.05, 0.1) is 5.69 Å². The van der Waals surface area contributed by atoms with Gasteiger partial charge in [0.2, 0.25) is 5.82 Å². The Bertz CT molecular complexity index is 1500. The molecule has 0 fully saturated rings. The van der Waals surface area contributed by atoms with E-state index in [1.807, 2.05) is 92.7 Å². The molecule has 0 spiro atoms. The van der Waals surface area contributed by atoms with Crippen LogP contribution in [0.5, 0.6) is 5.75 Å². The van der Waals surface area contributed by atoms with Gasteiger partial charge in [-0.05, 0) is 78.2 Å². The van der Waals surface area contributed by atoms with E-state index in [4.69, 9.17) is 4.74 Å². The Labute approximate surface area is 208 Å². The maximum atomic E-state index is 13.1. The van der Waals surface area contributed by atoms with Crippen LogP contribution >= 0.6 is 0 Å². The summed E-state index contributed by atoms with van der Waals surface area (Å²) >= 11 is 0. The highest BCUT2D eigenvalue weighted by atomic mass is 16.5. The number of nitrogens with zero attached hydrogens (tertiary/aromatic N) is 4. The van der Waals surface area contributed by atoms with Crippen LogP contribution in [0.4, 0.5) is 5.69 Å². The number of carbonyl (C=O) groups is 1. The number of carbonyl (C=O) groups excluding carboxylic acids is 1. The molecule has 1 amide bonds. The molecular weight excluding hydrogens is 452 g/mol. The summed E-state index contributed by atoms with van der Waals surface area (Å²) in [7, 11) is 0. The van der Waals surface area contributed by atoms with Gasteiger partial charge in [-0.2, -0.15) is 5.21 Å². The van der Waals surface area contributed by atoms with Crippen LogP contribution in [0.1, 0.15) is 27.0 Å². The molecule has 0 unspecified atom stereocenters. The minimum absolute atomic E-state index is 0.166. The fourth-order valence-corrected chi connectivity index (χ4v) is 3.99. The second-order valence-electron chi connectivity index (χ2n) is 8.35. The predicted octanol–water partition coefficient (Wildman–Crippen LogP) is 5.38. The summed E-state index contributed by atoms with van der Waals surface area (Å²) < 4.78 is 5.99. The lowest BCUT2D eigenvalue weighted by Gasteiger charge is -2.14. The number of hydrogen-bond donors (Lipinski definition) is 2. The molecule has 0 bridgehead atoms. The smallest absolute Gasteiger partial charge is 0.255 e. The van der Waals surface area contributed by atoms with Crippen molar-refractivity contribution >= 4 is 11.6 Å². The molecule has 3 aromatic carbocycles. The average molecular weight is 477 g/mol. The molecule has 2 heterocycles. The number of ether oxygens (including phenoxy) is 1. The van der Waals surface area contributed by atoms with E-state index in [9.17, 15) is 4.79 Å². The van der Waals surface area contributed by atoms with E-state index in [2.05, 4.69) is 30.9 Å². The number of amides is 1. The van der Waals surface area contributed by atoms with Crippen molar-refractivity contribution in [1.29, 1.82) is 0 Å². The normalized spacial score (nSPS) is 10.7. The molecule has 5 aromatic rings. The topological polar surface area (TPSA) is 106 Å². The van der Waals surface area contributed by atoms with Crippen LogP contribution in [0.3, 0.4) is 0 Å².